The van der Waals surface area contributed by atoms with Crippen molar-refractivity contribution >= 4 is 17.5 Å². The Bertz CT molecular complexity index is 571. The topological polar surface area (TPSA) is 97.2 Å². The summed E-state index contributed by atoms with van der Waals surface area (Å²) in [4.78, 5) is 22.5. The lowest BCUT2D eigenvalue weighted by molar-refractivity contribution is 0.0690. The third-order valence-corrected chi connectivity index (χ3v) is 2.15. The van der Waals surface area contributed by atoms with Crippen molar-refractivity contribution in [2.75, 3.05) is 11.9 Å². The van der Waals surface area contributed by atoms with Crippen molar-refractivity contribution < 1.29 is 14.6 Å². The van der Waals surface area contributed by atoms with Gasteiger partial charge in [0, 0.05) is 6.07 Å². The SMILES string of the molecule is CCOc1ccc(Nc2cncc(C(=O)O)n2)cn1. The number of ether oxygens (including phenoxy) is 1. The van der Waals surface area contributed by atoms with Crippen molar-refractivity contribution in [1.82, 2.24) is 15.0 Å². The lowest BCUT2D eigenvalue weighted by Crippen LogP contribution is -2.04. The fourth-order valence-corrected chi connectivity index (χ4v) is 1.36. The number of nitrogens with one attached hydrogen (secondary N) is 1. The molecule has 0 aliphatic rings. The van der Waals surface area contributed by atoms with Gasteiger partial charge in [-0.2, -0.15) is 0 Å². The minimum Gasteiger partial charge on any atom is -0.478 e. The number of rotatable bonds is 5. The maximum atomic E-state index is 10.8. The number of nitrogens with zero attached hydrogens (tertiary/aromatic N) is 3. The van der Waals surface area contributed by atoms with Gasteiger partial charge in [-0.15, -0.1) is 0 Å². The lowest BCUT2D eigenvalue weighted by atomic mass is 10.4. The average molecular weight is 260 g/mol. The predicted molar refractivity (Wildman–Crippen MR) is 67.7 cm³/mol. The average Bonchev–Trinajstić information content (AvgIpc) is 2.42. The second-order valence-electron chi connectivity index (χ2n) is 3.54. The van der Waals surface area contributed by atoms with E-state index in [0.29, 0.717) is 24.0 Å². The maximum absolute atomic E-state index is 10.8. The molecule has 98 valence electrons. The summed E-state index contributed by atoms with van der Waals surface area (Å²) in [5.74, 6) is -0.259. The second kappa shape index (κ2) is 5.76. The van der Waals surface area contributed by atoms with Gasteiger partial charge >= 0.3 is 5.97 Å². The van der Waals surface area contributed by atoms with Gasteiger partial charge in [-0.05, 0) is 13.0 Å². The molecule has 0 unspecified atom stereocenters. The first kappa shape index (κ1) is 12.7. The molecular formula is C12H12N4O3. The van der Waals surface area contributed by atoms with Crippen LogP contribution in [0, 0.1) is 0 Å². The van der Waals surface area contributed by atoms with Gasteiger partial charge in [0.15, 0.2) is 5.69 Å². The van der Waals surface area contributed by atoms with Crippen LogP contribution in [-0.4, -0.2) is 32.6 Å². The lowest BCUT2D eigenvalue weighted by Gasteiger charge is -2.06. The standard InChI is InChI=1S/C12H12N4O3/c1-2-19-11-4-3-8(5-14-11)15-10-7-13-6-9(16-10)12(17)18/h3-7H,2H2,1H3,(H,15,16)(H,17,18). The first-order valence-corrected chi connectivity index (χ1v) is 5.60. The number of pyridine rings is 1. The zero-order chi connectivity index (χ0) is 13.7. The summed E-state index contributed by atoms with van der Waals surface area (Å²) in [6, 6.07) is 3.47. The van der Waals surface area contributed by atoms with E-state index in [1.807, 2.05) is 6.92 Å². The summed E-state index contributed by atoms with van der Waals surface area (Å²) >= 11 is 0. The van der Waals surface area contributed by atoms with Crippen molar-refractivity contribution in [2.45, 2.75) is 6.92 Å². The summed E-state index contributed by atoms with van der Waals surface area (Å²) in [5, 5.41) is 11.7. The molecule has 7 heteroatoms. The van der Waals surface area contributed by atoms with E-state index in [1.54, 1.807) is 18.3 Å². The molecule has 2 rings (SSSR count). The monoisotopic (exact) mass is 260 g/mol. The van der Waals surface area contributed by atoms with Crippen LogP contribution in [0.25, 0.3) is 0 Å². The summed E-state index contributed by atoms with van der Waals surface area (Å²) in [7, 11) is 0. The van der Waals surface area contributed by atoms with E-state index >= 15 is 0 Å². The van der Waals surface area contributed by atoms with Crippen LogP contribution in [0.2, 0.25) is 0 Å². The number of aromatic nitrogens is 3. The van der Waals surface area contributed by atoms with Crippen LogP contribution in [0.4, 0.5) is 11.5 Å². The van der Waals surface area contributed by atoms with Crippen molar-refractivity contribution in [3.05, 3.63) is 36.4 Å². The Labute approximate surface area is 109 Å². The van der Waals surface area contributed by atoms with Crippen molar-refractivity contribution in [3.8, 4) is 5.88 Å². The maximum Gasteiger partial charge on any atom is 0.356 e. The van der Waals surface area contributed by atoms with Crippen LogP contribution in [0.1, 0.15) is 17.4 Å². The number of carboxylic acid groups (broad SMARTS) is 1. The number of hydrogen-bond acceptors (Lipinski definition) is 6. The van der Waals surface area contributed by atoms with E-state index in [-0.39, 0.29) is 5.69 Å². The van der Waals surface area contributed by atoms with E-state index in [4.69, 9.17) is 9.84 Å². The quantitative estimate of drug-likeness (QED) is 0.844. The highest BCUT2D eigenvalue weighted by atomic mass is 16.5. The number of carboxylic acids is 1. The molecule has 0 bridgehead atoms. The summed E-state index contributed by atoms with van der Waals surface area (Å²) in [5.41, 5.74) is 0.546. The molecule has 2 heterocycles. The Kier molecular flexibility index (Phi) is 3.87. The molecule has 0 aliphatic carbocycles. The van der Waals surface area contributed by atoms with Gasteiger partial charge in [-0.3, -0.25) is 4.98 Å². The Hall–Kier alpha value is -2.70. The van der Waals surface area contributed by atoms with E-state index in [2.05, 4.69) is 20.3 Å². The molecule has 0 fully saturated rings. The molecule has 7 nitrogen and oxygen atoms in total. The fourth-order valence-electron chi connectivity index (χ4n) is 1.36. The summed E-state index contributed by atoms with van der Waals surface area (Å²) in [6.45, 7) is 2.42. The van der Waals surface area contributed by atoms with Crippen molar-refractivity contribution in [3.63, 3.8) is 0 Å². The van der Waals surface area contributed by atoms with Gasteiger partial charge in [0.1, 0.15) is 5.82 Å². The molecule has 2 aromatic rings. The molecule has 0 spiro atoms. The number of carbonyl (C=O) groups is 1. The highest BCUT2D eigenvalue weighted by Gasteiger charge is 2.06. The number of hydrogen-bond donors (Lipinski definition) is 2. The minimum atomic E-state index is -1.12. The van der Waals surface area contributed by atoms with Crippen LogP contribution < -0.4 is 10.1 Å². The van der Waals surface area contributed by atoms with Gasteiger partial charge in [-0.25, -0.2) is 14.8 Å². The minimum absolute atomic E-state index is 0.121. The third-order valence-electron chi connectivity index (χ3n) is 2.15. The van der Waals surface area contributed by atoms with Crippen molar-refractivity contribution in [1.29, 1.82) is 0 Å². The molecule has 2 aromatic heterocycles. The Morgan fingerprint density at radius 3 is 2.84 bits per heavy atom. The summed E-state index contributed by atoms with van der Waals surface area (Å²) < 4.78 is 5.22. The molecule has 0 saturated carbocycles. The van der Waals surface area contributed by atoms with Crippen LogP contribution in [-0.2, 0) is 0 Å². The summed E-state index contributed by atoms with van der Waals surface area (Å²) in [6.07, 6.45) is 4.19. The van der Waals surface area contributed by atoms with E-state index in [1.165, 1.54) is 12.4 Å². The van der Waals surface area contributed by atoms with Gasteiger partial charge in [0.05, 0.1) is 30.9 Å². The molecule has 2 N–H and O–H groups in total. The fraction of sp³-hybridized carbons (Fsp3) is 0.167. The van der Waals surface area contributed by atoms with Gasteiger partial charge < -0.3 is 15.2 Å². The van der Waals surface area contributed by atoms with Crippen LogP contribution in [0.5, 0.6) is 5.88 Å². The third kappa shape index (κ3) is 3.38. The van der Waals surface area contributed by atoms with Crippen LogP contribution in [0.3, 0.4) is 0 Å². The van der Waals surface area contributed by atoms with Gasteiger partial charge in [0.2, 0.25) is 5.88 Å². The van der Waals surface area contributed by atoms with Gasteiger partial charge in [0.25, 0.3) is 0 Å². The zero-order valence-electron chi connectivity index (χ0n) is 10.2. The van der Waals surface area contributed by atoms with E-state index in [9.17, 15) is 4.79 Å². The molecule has 0 radical (unpaired) electrons. The van der Waals surface area contributed by atoms with Crippen LogP contribution in [0.15, 0.2) is 30.7 Å². The van der Waals surface area contributed by atoms with Gasteiger partial charge in [-0.1, -0.05) is 0 Å². The Balaban J connectivity index is 2.12. The molecule has 0 amide bonds. The second-order valence-corrected chi connectivity index (χ2v) is 3.54. The normalized spacial score (nSPS) is 9.95. The number of anilines is 2. The predicted octanol–water partition coefficient (Wildman–Crippen LogP) is 1.71. The molecule has 0 aromatic carbocycles. The van der Waals surface area contributed by atoms with E-state index < -0.39 is 5.97 Å². The van der Waals surface area contributed by atoms with Crippen molar-refractivity contribution in [2.24, 2.45) is 0 Å². The zero-order valence-corrected chi connectivity index (χ0v) is 10.2. The Morgan fingerprint density at radius 1 is 1.37 bits per heavy atom. The molecule has 0 atom stereocenters. The first-order valence-electron chi connectivity index (χ1n) is 5.60. The van der Waals surface area contributed by atoms with Crippen LogP contribution >= 0.6 is 0 Å². The molecular weight excluding hydrogens is 248 g/mol. The smallest absolute Gasteiger partial charge is 0.356 e. The highest BCUT2D eigenvalue weighted by Crippen LogP contribution is 2.15. The largest absolute Gasteiger partial charge is 0.478 e. The molecule has 0 aliphatic heterocycles. The first-order chi connectivity index (χ1) is 9.19. The molecule has 0 saturated heterocycles. The highest BCUT2D eigenvalue weighted by molar-refractivity contribution is 5.85. The molecule has 19 heavy (non-hydrogen) atoms. The Morgan fingerprint density at radius 2 is 2.21 bits per heavy atom. The number of aromatic carboxylic acids is 1. The van der Waals surface area contributed by atoms with E-state index in [0.717, 1.165) is 0 Å².